The van der Waals surface area contributed by atoms with Crippen molar-refractivity contribution in [3.05, 3.63) is 54.2 Å². The average molecular weight is 443 g/mol. The number of hydrogen-bond donors (Lipinski definition) is 2. The Morgan fingerprint density at radius 3 is 2.67 bits per heavy atom. The Kier molecular flexibility index (Phi) is 9.39. The molecule has 1 unspecified atom stereocenters. The Balaban J connectivity index is 0.00000288. The highest BCUT2D eigenvalue weighted by Gasteiger charge is 2.17. The van der Waals surface area contributed by atoms with E-state index in [1.807, 2.05) is 50.6 Å². The molecule has 2 aromatic heterocycles. The van der Waals surface area contributed by atoms with E-state index < -0.39 is 0 Å². The van der Waals surface area contributed by atoms with Crippen LogP contribution < -0.4 is 10.6 Å². The molecule has 132 valence electrons. The quantitative estimate of drug-likeness (QED) is 0.391. The van der Waals surface area contributed by atoms with Gasteiger partial charge in [0.15, 0.2) is 5.96 Å². The lowest BCUT2D eigenvalue weighted by molar-refractivity contribution is 0.258. The molecule has 2 N–H and O–H groups in total. The highest BCUT2D eigenvalue weighted by Crippen LogP contribution is 2.17. The van der Waals surface area contributed by atoms with E-state index in [4.69, 9.17) is 4.42 Å². The van der Waals surface area contributed by atoms with Crippen LogP contribution in [0, 0.1) is 0 Å². The lowest BCUT2D eigenvalue weighted by Gasteiger charge is -2.23. The fraction of sp³-hybridized carbons (Fsp3) is 0.412. The summed E-state index contributed by atoms with van der Waals surface area (Å²) in [6.45, 7) is 1.49. The number of likely N-dealkylation sites (N-methyl/N-ethyl adjacent to an activating group) is 1. The van der Waals surface area contributed by atoms with Gasteiger partial charge in [-0.1, -0.05) is 6.07 Å². The Morgan fingerprint density at radius 1 is 1.25 bits per heavy atom. The van der Waals surface area contributed by atoms with Gasteiger partial charge < -0.3 is 15.1 Å². The first-order valence-corrected chi connectivity index (χ1v) is 7.75. The lowest BCUT2D eigenvalue weighted by atomic mass is 10.2. The molecule has 6 nitrogen and oxygen atoms in total. The maximum Gasteiger partial charge on any atom is 0.191 e. The van der Waals surface area contributed by atoms with Crippen LogP contribution in [-0.4, -0.2) is 50.1 Å². The average Bonchev–Trinajstić information content (AvgIpc) is 3.08. The van der Waals surface area contributed by atoms with E-state index >= 15 is 0 Å². The van der Waals surface area contributed by atoms with E-state index in [0.29, 0.717) is 6.54 Å². The van der Waals surface area contributed by atoms with Gasteiger partial charge in [0.05, 0.1) is 12.3 Å². The SMILES string of the molecule is CN=C(NCCc1ccccn1)NCC(c1ccco1)N(C)C.I. The number of pyridine rings is 1. The molecule has 1 atom stereocenters. The molecule has 0 saturated carbocycles. The first-order valence-electron chi connectivity index (χ1n) is 7.75. The predicted octanol–water partition coefficient (Wildman–Crippen LogP) is 2.30. The summed E-state index contributed by atoms with van der Waals surface area (Å²) in [7, 11) is 5.84. The van der Waals surface area contributed by atoms with Gasteiger partial charge in [-0.25, -0.2) is 0 Å². The Morgan fingerprint density at radius 2 is 2.08 bits per heavy atom. The standard InChI is InChI=1S/C17H25N5O.HI/c1-18-17(20-11-9-14-7-4-5-10-19-14)21-13-15(22(2)3)16-8-6-12-23-16;/h4-8,10,12,15H,9,11,13H2,1-3H3,(H2,18,20,21);1H. The van der Waals surface area contributed by atoms with Gasteiger partial charge in [0, 0.05) is 38.4 Å². The van der Waals surface area contributed by atoms with Crippen molar-refractivity contribution in [3.8, 4) is 0 Å². The first-order chi connectivity index (χ1) is 11.2. The third-order valence-corrected chi connectivity index (χ3v) is 3.58. The van der Waals surface area contributed by atoms with Crippen molar-refractivity contribution in [3.63, 3.8) is 0 Å². The number of nitrogens with one attached hydrogen (secondary N) is 2. The summed E-state index contributed by atoms with van der Waals surface area (Å²) in [6.07, 6.45) is 4.37. The van der Waals surface area contributed by atoms with Crippen molar-refractivity contribution < 1.29 is 4.42 Å². The van der Waals surface area contributed by atoms with Crippen LogP contribution >= 0.6 is 24.0 Å². The number of aliphatic imine (C=N–C) groups is 1. The molecule has 0 aliphatic rings. The molecule has 0 aliphatic heterocycles. The van der Waals surface area contributed by atoms with E-state index in [9.17, 15) is 0 Å². The second kappa shape index (κ2) is 11.0. The molecule has 7 heteroatoms. The fourth-order valence-corrected chi connectivity index (χ4v) is 2.29. The molecule has 0 spiro atoms. The number of aromatic nitrogens is 1. The smallest absolute Gasteiger partial charge is 0.191 e. The molecule has 2 rings (SSSR count). The van der Waals surface area contributed by atoms with Crippen LogP contribution in [0.5, 0.6) is 0 Å². The number of hydrogen-bond acceptors (Lipinski definition) is 4. The topological polar surface area (TPSA) is 65.7 Å². The summed E-state index contributed by atoms with van der Waals surface area (Å²) in [6, 6.07) is 10.00. The minimum absolute atomic E-state index is 0. The number of nitrogens with zero attached hydrogens (tertiary/aromatic N) is 3. The van der Waals surface area contributed by atoms with Crippen LogP contribution in [0.3, 0.4) is 0 Å². The van der Waals surface area contributed by atoms with Gasteiger partial charge in [-0.05, 0) is 38.4 Å². The third kappa shape index (κ3) is 6.48. The van der Waals surface area contributed by atoms with Crippen LogP contribution in [0.25, 0.3) is 0 Å². The van der Waals surface area contributed by atoms with Gasteiger partial charge in [-0.2, -0.15) is 0 Å². The summed E-state index contributed by atoms with van der Waals surface area (Å²) in [5.74, 6) is 1.71. The van der Waals surface area contributed by atoms with Crippen molar-refractivity contribution in [1.29, 1.82) is 0 Å². The van der Waals surface area contributed by atoms with E-state index in [0.717, 1.165) is 30.4 Å². The molecule has 0 bridgehead atoms. The molecule has 24 heavy (non-hydrogen) atoms. The summed E-state index contributed by atoms with van der Waals surface area (Å²) in [5.41, 5.74) is 1.07. The van der Waals surface area contributed by atoms with Gasteiger partial charge >= 0.3 is 0 Å². The predicted molar refractivity (Wildman–Crippen MR) is 108 cm³/mol. The van der Waals surface area contributed by atoms with Gasteiger partial charge in [-0.3, -0.25) is 14.9 Å². The highest BCUT2D eigenvalue weighted by atomic mass is 127. The van der Waals surface area contributed by atoms with Crippen LogP contribution in [0.4, 0.5) is 0 Å². The lowest BCUT2D eigenvalue weighted by Crippen LogP contribution is -2.42. The minimum Gasteiger partial charge on any atom is -0.468 e. The largest absolute Gasteiger partial charge is 0.468 e. The number of rotatable bonds is 7. The zero-order valence-electron chi connectivity index (χ0n) is 14.4. The Labute approximate surface area is 160 Å². The van der Waals surface area contributed by atoms with Crippen molar-refractivity contribution in [1.82, 2.24) is 20.5 Å². The Hall–Kier alpha value is -1.61. The first kappa shape index (κ1) is 20.4. The van der Waals surface area contributed by atoms with E-state index in [1.54, 1.807) is 13.3 Å². The van der Waals surface area contributed by atoms with Crippen molar-refractivity contribution in [2.45, 2.75) is 12.5 Å². The summed E-state index contributed by atoms with van der Waals surface area (Å²) >= 11 is 0. The van der Waals surface area contributed by atoms with Gasteiger partial charge in [-0.15, -0.1) is 24.0 Å². The van der Waals surface area contributed by atoms with E-state index in [-0.39, 0.29) is 30.0 Å². The van der Waals surface area contributed by atoms with Crippen LogP contribution in [0.15, 0.2) is 52.2 Å². The zero-order valence-corrected chi connectivity index (χ0v) is 16.7. The molecule has 0 fully saturated rings. The molecule has 2 aromatic rings. The summed E-state index contributed by atoms with van der Waals surface area (Å²) in [4.78, 5) is 10.7. The molecule has 2 heterocycles. The van der Waals surface area contributed by atoms with Gasteiger partial charge in [0.2, 0.25) is 0 Å². The number of guanidine groups is 1. The van der Waals surface area contributed by atoms with Crippen LogP contribution in [-0.2, 0) is 6.42 Å². The van der Waals surface area contributed by atoms with Crippen molar-refractivity contribution in [2.75, 3.05) is 34.2 Å². The third-order valence-electron chi connectivity index (χ3n) is 3.58. The normalized spacial score (nSPS) is 12.6. The van der Waals surface area contributed by atoms with Crippen molar-refractivity contribution >= 4 is 29.9 Å². The maximum atomic E-state index is 5.51. The van der Waals surface area contributed by atoms with Gasteiger partial charge in [0.1, 0.15) is 5.76 Å². The molecule has 0 aliphatic carbocycles. The molecule has 0 aromatic carbocycles. The second-order valence-corrected chi connectivity index (χ2v) is 5.45. The Bertz CT molecular complexity index is 586. The van der Waals surface area contributed by atoms with Crippen molar-refractivity contribution in [2.24, 2.45) is 4.99 Å². The number of furan rings is 1. The molecule has 0 radical (unpaired) electrons. The van der Waals surface area contributed by atoms with Crippen LogP contribution in [0.1, 0.15) is 17.5 Å². The van der Waals surface area contributed by atoms with Gasteiger partial charge in [0.25, 0.3) is 0 Å². The molecule has 0 amide bonds. The number of halogens is 1. The van der Waals surface area contributed by atoms with Crippen LogP contribution in [0.2, 0.25) is 0 Å². The zero-order chi connectivity index (χ0) is 16.5. The molecular weight excluding hydrogens is 417 g/mol. The highest BCUT2D eigenvalue weighted by molar-refractivity contribution is 14.0. The summed E-state index contributed by atoms with van der Waals surface area (Å²) < 4.78 is 5.51. The second-order valence-electron chi connectivity index (χ2n) is 5.45. The maximum absolute atomic E-state index is 5.51. The van der Waals surface area contributed by atoms with E-state index in [1.165, 1.54) is 0 Å². The molecular formula is C17H26IN5O. The monoisotopic (exact) mass is 443 g/mol. The summed E-state index contributed by atoms with van der Waals surface area (Å²) in [5, 5.41) is 6.65. The molecule has 0 saturated heterocycles. The fourth-order valence-electron chi connectivity index (χ4n) is 2.29. The minimum atomic E-state index is 0. The van der Waals surface area contributed by atoms with E-state index in [2.05, 4.69) is 25.5 Å².